The second-order valence-electron chi connectivity index (χ2n) is 14.4. The molecule has 0 atom stereocenters. The summed E-state index contributed by atoms with van der Waals surface area (Å²) in [5.74, 6) is 0.814. The van der Waals surface area contributed by atoms with Crippen LogP contribution in [-0.2, 0) is 0 Å². The van der Waals surface area contributed by atoms with Crippen LogP contribution in [0.25, 0.3) is 88.9 Å². The molecule has 0 spiro atoms. The van der Waals surface area contributed by atoms with Gasteiger partial charge in [0.2, 0.25) is 0 Å². The van der Waals surface area contributed by atoms with Crippen LogP contribution in [0.15, 0.2) is 146 Å². The van der Waals surface area contributed by atoms with Crippen molar-refractivity contribution < 1.29 is 0 Å². The van der Waals surface area contributed by atoms with E-state index < -0.39 is 0 Å². The molecule has 0 aliphatic rings. The lowest BCUT2D eigenvalue weighted by molar-refractivity contribution is 1.01. The smallest absolute Gasteiger partial charge is 0.164 e. The predicted octanol–water partition coefficient (Wildman–Crippen LogP) is 13.6. The first kappa shape index (κ1) is 33.3. The van der Waals surface area contributed by atoms with Gasteiger partial charge in [-0.3, -0.25) is 4.57 Å². The molecule has 3 nitrogen and oxygen atoms in total. The molecule has 2 heterocycles. The molecule has 0 saturated carbocycles. The Kier molecular flexibility index (Phi) is 8.09. The minimum absolute atomic E-state index is 0.814. The van der Waals surface area contributed by atoms with Crippen molar-refractivity contribution in [3.05, 3.63) is 180 Å². The van der Waals surface area contributed by atoms with Crippen LogP contribution in [-0.4, -0.2) is 14.5 Å². The average molecular weight is 696 g/mol. The largest absolute Gasteiger partial charge is 0.292 e. The standard InChI is InChI=1S/C51H41N3/c1-7-8-22-38-31(2)19-17-27-42(38)49-51(52-35(6)48(53-49)39-23-12-9-18-32(39)3)54-45-28-16-15-26-43(45)47-41-25-14-13-24-40(41)46(34(5)50(47)54)44-30-37-21-11-10-20-36(37)29-33(44)4/h7-30H,1H2,2-6H3/b22-8-. The van der Waals surface area contributed by atoms with E-state index in [1.807, 2.05) is 12.2 Å². The van der Waals surface area contributed by atoms with Crippen molar-refractivity contribution >= 4 is 49.4 Å². The summed E-state index contributed by atoms with van der Waals surface area (Å²) < 4.78 is 2.40. The molecule has 54 heavy (non-hydrogen) atoms. The molecule has 9 rings (SSSR count). The van der Waals surface area contributed by atoms with Crippen LogP contribution in [0.1, 0.15) is 33.5 Å². The van der Waals surface area contributed by atoms with Crippen LogP contribution in [0.2, 0.25) is 0 Å². The Morgan fingerprint density at radius 2 is 1.20 bits per heavy atom. The molecule has 0 radical (unpaired) electrons. The van der Waals surface area contributed by atoms with E-state index in [1.54, 1.807) is 0 Å². The molecular formula is C51H41N3. The van der Waals surface area contributed by atoms with Crippen LogP contribution >= 0.6 is 0 Å². The molecule has 0 N–H and O–H groups in total. The summed E-state index contributed by atoms with van der Waals surface area (Å²) >= 11 is 0. The van der Waals surface area contributed by atoms with Gasteiger partial charge in [0.25, 0.3) is 0 Å². The highest BCUT2D eigenvalue weighted by Gasteiger charge is 2.26. The Balaban J connectivity index is 1.48. The van der Waals surface area contributed by atoms with Gasteiger partial charge in [-0.1, -0.05) is 140 Å². The molecule has 2 aromatic heterocycles. The minimum atomic E-state index is 0.814. The van der Waals surface area contributed by atoms with E-state index in [9.17, 15) is 0 Å². The lowest BCUT2D eigenvalue weighted by Gasteiger charge is -2.21. The van der Waals surface area contributed by atoms with Crippen LogP contribution in [0.5, 0.6) is 0 Å². The summed E-state index contributed by atoms with van der Waals surface area (Å²) in [5, 5.41) is 7.38. The Morgan fingerprint density at radius 1 is 0.556 bits per heavy atom. The first-order valence-electron chi connectivity index (χ1n) is 18.6. The van der Waals surface area contributed by atoms with Gasteiger partial charge in [-0.2, -0.15) is 0 Å². The van der Waals surface area contributed by atoms with Crippen LogP contribution in [0.3, 0.4) is 0 Å². The Bertz CT molecular complexity index is 3010. The number of aryl methyl sites for hydroxylation is 5. The molecule has 7 aromatic carbocycles. The van der Waals surface area contributed by atoms with Gasteiger partial charge in [0.05, 0.1) is 22.4 Å². The summed E-state index contributed by atoms with van der Waals surface area (Å²) in [6, 6.07) is 45.9. The highest BCUT2D eigenvalue weighted by molar-refractivity contribution is 6.26. The fourth-order valence-electron chi connectivity index (χ4n) is 8.51. The monoisotopic (exact) mass is 695 g/mol. The molecule has 0 fully saturated rings. The van der Waals surface area contributed by atoms with E-state index in [2.05, 4.69) is 179 Å². The molecular weight excluding hydrogens is 655 g/mol. The summed E-state index contributed by atoms with van der Waals surface area (Å²) in [4.78, 5) is 11.2. The number of rotatable bonds is 6. The third kappa shape index (κ3) is 5.19. The molecule has 260 valence electrons. The van der Waals surface area contributed by atoms with E-state index in [1.165, 1.54) is 60.1 Å². The first-order chi connectivity index (χ1) is 26.4. The maximum atomic E-state index is 5.63. The van der Waals surface area contributed by atoms with Crippen molar-refractivity contribution in [2.75, 3.05) is 0 Å². The quantitative estimate of drug-likeness (QED) is 0.162. The predicted molar refractivity (Wildman–Crippen MR) is 231 cm³/mol. The van der Waals surface area contributed by atoms with Crippen molar-refractivity contribution in [1.29, 1.82) is 0 Å². The zero-order chi connectivity index (χ0) is 37.1. The van der Waals surface area contributed by atoms with Gasteiger partial charge in [-0.15, -0.1) is 0 Å². The minimum Gasteiger partial charge on any atom is -0.292 e. The highest BCUT2D eigenvalue weighted by Crippen LogP contribution is 2.46. The van der Waals surface area contributed by atoms with Gasteiger partial charge in [0, 0.05) is 21.9 Å². The molecule has 0 amide bonds. The molecule has 9 aromatic rings. The number of benzene rings is 7. The second-order valence-corrected chi connectivity index (χ2v) is 14.4. The average Bonchev–Trinajstić information content (AvgIpc) is 3.53. The van der Waals surface area contributed by atoms with Gasteiger partial charge in [0.15, 0.2) is 5.82 Å². The van der Waals surface area contributed by atoms with Gasteiger partial charge >= 0.3 is 0 Å². The number of aromatic nitrogens is 3. The third-order valence-corrected chi connectivity index (χ3v) is 11.1. The van der Waals surface area contributed by atoms with Crippen LogP contribution in [0, 0.1) is 34.6 Å². The topological polar surface area (TPSA) is 30.7 Å². The number of hydrogen-bond acceptors (Lipinski definition) is 2. The fraction of sp³-hybridized carbons (Fsp3) is 0.0980. The van der Waals surface area contributed by atoms with Gasteiger partial charge in [-0.25, -0.2) is 9.97 Å². The van der Waals surface area contributed by atoms with E-state index in [-0.39, 0.29) is 0 Å². The Hall–Kier alpha value is -6.58. The lowest BCUT2D eigenvalue weighted by Crippen LogP contribution is -2.08. The summed E-state index contributed by atoms with van der Waals surface area (Å²) in [5.41, 5.74) is 15.4. The lowest BCUT2D eigenvalue weighted by atomic mass is 9.87. The number of hydrogen-bond donors (Lipinski definition) is 0. The van der Waals surface area contributed by atoms with E-state index in [0.29, 0.717) is 0 Å². The SMILES string of the molecule is C=C/C=C\c1c(C)cccc1-c1nc(-c2ccccc2C)c(C)nc1-n1c2ccccc2c2c3ccccc3c(-c3cc4ccccc4cc3C)c(C)c21. The highest BCUT2D eigenvalue weighted by atomic mass is 15.1. The van der Waals surface area contributed by atoms with Crippen molar-refractivity contribution in [3.8, 4) is 39.5 Å². The van der Waals surface area contributed by atoms with E-state index in [0.717, 1.165) is 56.2 Å². The fourth-order valence-corrected chi connectivity index (χ4v) is 8.51. The van der Waals surface area contributed by atoms with Gasteiger partial charge in [-0.05, 0) is 107 Å². The zero-order valence-electron chi connectivity index (χ0n) is 31.4. The normalized spacial score (nSPS) is 11.8. The maximum absolute atomic E-state index is 5.63. The summed E-state index contributed by atoms with van der Waals surface area (Å²) in [6.45, 7) is 14.9. The first-order valence-corrected chi connectivity index (χ1v) is 18.6. The molecule has 0 aliphatic carbocycles. The number of nitrogens with zero attached hydrogens (tertiary/aromatic N) is 3. The van der Waals surface area contributed by atoms with Crippen molar-refractivity contribution in [2.45, 2.75) is 34.6 Å². The molecule has 0 unspecified atom stereocenters. The van der Waals surface area contributed by atoms with Crippen LogP contribution < -0.4 is 0 Å². The summed E-state index contributed by atoms with van der Waals surface area (Å²) in [7, 11) is 0. The Morgan fingerprint density at radius 3 is 1.98 bits per heavy atom. The number of fused-ring (bicyclic) bond motifs is 6. The van der Waals surface area contributed by atoms with Crippen LogP contribution in [0.4, 0.5) is 0 Å². The molecule has 0 aliphatic heterocycles. The number of allylic oxidation sites excluding steroid dienone is 2. The summed E-state index contributed by atoms with van der Waals surface area (Å²) in [6.07, 6.45) is 5.97. The van der Waals surface area contributed by atoms with Crippen molar-refractivity contribution in [2.24, 2.45) is 0 Å². The van der Waals surface area contributed by atoms with Crippen molar-refractivity contribution in [1.82, 2.24) is 14.5 Å². The van der Waals surface area contributed by atoms with E-state index in [4.69, 9.17) is 9.97 Å². The van der Waals surface area contributed by atoms with Crippen molar-refractivity contribution in [3.63, 3.8) is 0 Å². The maximum Gasteiger partial charge on any atom is 0.164 e. The number of para-hydroxylation sites is 1. The Labute approximate surface area is 316 Å². The molecule has 0 bridgehead atoms. The van der Waals surface area contributed by atoms with Gasteiger partial charge in [0.1, 0.15) is 5.69 Å². The molecule has 3 heteroatoms. The van der Waals surface area contributed by atoms with Gasteiger partial charge < -0.3 is 0 Å². The second kappa shape index (κ2) is 13.1. The van der Waals surface area contributed by atoms with E-state index >= 15 is 0 Å². The third-order valence-electron chi connectivity index (χ3n) is 11.1. The molecule has 0 saturated heterocycles. The zero-order valence-corrected chi connectivity index (χ0v) is 31.4.